The number of nitrogens with two attached hydrogens (primary N) is 1. The van der Waals surface area contributed by atoms with Crippen molar-refractivity contribution < 1.29 is 9.68 Å². The SMILES string of the molecule is CCCCCCCC(C)c1ccc(/C(C)=N/OCCON)cc1. The van der Waals surface area contributed by atoms with Gasteiger partial charge in [0.25, 0.3) is 0 Å². The van der Waals surface area contributed by atoms with Gasteiger partial charge in [0.05, 0.1) is 5.71 Å². The van der Waals surface area contributed by atoms with Crippen molar-refractivity contribution in [3.8, 4) is 0 Å². The Labute approximate surface area is 141 Å². The summed E-state index contributed by atoms with van der Waals surface area (Å²) in [7, 11) is 0. The second-order valence-electron chi connectivity index (χ2n) is 6.11. The lowest BCUT2D eigenvalue weighted by Crippen LogP contribution is -2.07. The fraction of sp³-hybridized carbons (Fsp3) is 0.632. The molecule has 1 rings (SSSR count). The number of rotatable bonds is 12. The number of hydrogen-bond donors (Lipinski definition) is 1. The molecule has 0 saturated carbocycles. The second-order valence-corrected chi connectivity index (χ2v) is 6.11. The molecule has 1 unspecified atom stereocenters. The van der Waals surface area contributed by atoms with E-state index in [1.54, 1.807) is 0 Å². The molecule has 1 aromatic rings. The van der Waals surface area contributed by atoms with E-state index in [1.165, 1.54) is 44.1 Å². The van der Waals surface area contributed by atoms with E-state index in [-0.39, 0.29) is 0 Å². The van der Waals surface area contributed by atoms with Crippen LogP contribution in [0.1, 0.15) is 76.3 Å². The topological polar surface area (TPSA) is 56.8 Å². The number of unbranched alkanes of at least 4 members (excludes halogenated alkanes) is 4. The maximum atomic E-state index is 5.14. The third kappa shape index (κ3) is 8.14. The van der Waals surface area contributed by atoms with Crippen LogP contribution in [0.5, 0.6) is 0 Å². The summed E-state index contributed by atoms with van der Waals surface area (Å²) < 4.78 is 0. The zero-order valence-corrected chi connectivity index (χ0v) is 14.9. The van der Waals surface area contributed by atoms with E-state index in [9.17, 15) is 0 Å². The largest absolute Gasteiger partial charge is 0.393 e. The molecule has 0 bridgehead atoms. The molecule has 130 valence electrons. The Hall–Kier alpha value is -1.39. The molecule has 0 amide bonds. The molecule has 0 heterocycles. The molecular formula is C19H32N2O2. The van der Waals surface area contributed by atoms with E-state index in [0.717, 1.165) is 11.3 Å². The minimum absolute atomic E-state index is 0.339. The lowest BCUT2D eigenvalue weighted by atomic mass is 9.93. The Bertz CT molecular complexity index is 443. The molecule has 4 heteroatoms. The van der Waals surface area contributed by atoms with Gasteiger partial charge in [-0.2, -0.15) is 0 Å². The first-order chi connectivity index (χ1) is 11.2. The average Bonchev–Trinajstić information content (AvgIpc) is 2.58. The number of benzene rings is 1. The van der Waals surface area contributed by atoms with Crippen molar-refractivity contribution in [3.63, 3.8) is 0 Å². The Morgan fingerprint density at radius 1 is 1.09 bits per heavy atom. The molecule has 0 aromatic heterocycles. The predicted octanol–water partition coefficient (Wildman–Crippen LogP) is 4.78. The predicted molar refractivity (Wildman–Crippen MR) is 96.5 cm³/mol. The van der Waals surface area contributed by atoms with E-state index < -0.39 is 0 Å². The average molecular weight is 320 g/mol. The fourth-order valence-electron chi connectivity index (χ4n) is 2.55. The Balaban J connectivity index is 2.42. The molecule has 4 nitrogen and oxygen atoms in total. The molecule has 0 saturated heterocycles. The highest BCUT2D eigenvalue weighted by Crippen LogP contribution is 2.22. The van der Waals surface area contributed by atoms with Gasteiger partial charge in [-0.15, -0.1) is 0 Å². The van der Waals surface area contributed by atoms with Gasteiger partial charge in [0.2, 0.25) is 0 Å². The van der Waals surface area contributed by atoms with E-state index in [1.807, 2.05) is 6.92 Å². The normalized spacial score (nSPS) is 13.1. The summed E-state index contributed by atoms with van der Waals surface area (Å²) in [6.07, 6.45) is 7.97. The minimum atomic E-state index is 0.339. The van der Waals surface area contributed by atoms with Crippen LogP contribution in [0.2, 0.25) is 0 Å². The maximum absolute atomic E-state index is 5.14. The van der Waals surface area contributed by atoms with Gasteiger partial charge in [-0.3, -0.25) is 0 Å². The first-order valence-electron chi connectivity index (χ1n) is 8.77. The summed E-state index contributed by atoms with van der Waals surface area (Å²) >= 11 is 0. The van der Waals surface area contributed by atoms with E-state index >= 15 is 0 Å². The van der Waals surface area contributed by atoms with Gasteiger partial charge in [0.15, 0.2) is 0 Å². The van der Waals surface area contributed by atoms with Crippen molar-refractivity contribution in [1.82, 2.24) is 0 Å². The summed E-state index contributed by atoms with van der Waals surface area (Å²) in [4.78, 5) is 9.57. The lowest BCUT2D eigenvalue weighted by Gasteiger charge is -2.12. The molecular weight excluding hydrogens is 288 g/mol. The zero-order chi connectivity index (χ0) is 16.9. The van der Waals surface area contributed by atoms with Gasteiger partial charge in [-0.05, 0) is 30.4 Å². The van der Waals surface area contributed by atoms with Crippen LogP contribution in [0.3, 0.4) is 0 Å². The van der Waals surface area contributed by atoms with Crippen molar-refractivity contribution in [3.05, 3.63) is 35.4 Å². The molecule has 0 spiro atoms. The summed E-state index contributed by atoms with van der Waals surface area (Å²) in [5.41, 5.74) is 3.34. The summed E-state index contributed by atoms with van der Waals surface area (Å²) in [5.74, 6) is 5.54. The van der Waals surface area contributed by atoms with Crippen LogP contribution < -0.4 is 5.90 Å². The van der Waals surface area contributed by atoms with Gasteiger partial charge < -0.3 is 9.68 Å². The monoisotopic (exact) mass is 320 g/mol. The smallest absolute Gasteiger partial charge is 0.142 e. The molecule has 0 radical (unpaired) electrons. The highest BCUT2D eigenvalue weighted by molar-refractivity contribution is 5.98. The summed E-state index contributed by atoms with van der Waals surface area (Å²) in [6.45, 7) is 7.21. The van der Waals surface area contributed by atoms with Crippen LogP contribution in [0.4, 0.5) is 0 Å². The molecule has 0 aliphatic rings. The van der Waals surface area contributed by atoms with Crippen LogP contribution in [0.15, 0.2) is 29.4 Å². The molecule has 0 aliphatic carbocycles. The zero-order valence-electron chi connectivity index (χ0n) is 14.9. The van der Waals surface area contributed by atoms with Crippen molar-refractivity contribution in [2.45, 2.75) is 65.2 Å². The molecule has 2 N–H and O–H groups in total. The highest BCUT2D eigenvalue weighted by atomic mass is 16.7. The number of nitrogens with zero attached hydrogens (tertiary/aromatic N) is 1. The standard InChI is InChI=1S/C19H32N2O2/c1-4-5-6-7-8-9-16(2)18-10-12-19(13-11-18)17(3)21-23-15-14-22-20/h10-13,16H,4-9,14-15,20H2,1-3H3/b21-17+. The van der Waals surface area contributed by atoms with E-state index in [0.29, 0.717) is 19.1 Å². The molecule has 23 heavy (non-hydrogen) atoms. The van der Waals surface area contributed by atoms with Crippen molar-refractivity contribution >= 4 is 5.71 Å². The van der Waals surface area contributed by atoms with Crippen molar-refractivity contribution in [2.24, 2.45) is 11.1 Å². The van der Waals surface area contributed by atoms with Crippen LogP contribution in [-0.2, 0) is 9.68 Å². The van der Waals surface area contributed by atoms with Crippen molar-refractivity contribution in [2.75, 3.05) is 13.2 Å². The van der Waals surface area contributed by atoms with Crippen LogP contribution in [-0.4, -0.2) is 18.9 Å². The van der Waals surface area contributed by atoms with Crippen LogP contribution >= 0.6 is 0 Å². The Morgan fingerprint density at radius 3 is 2.43 bits per heavy atom. The van der Waals surface area contributed by atoms with E-state index in [2.05, 4.69) is 48.1 Å². The second kappa shape index (κ2) is 12.1. The van der Waals surface area contributed by atoms with Crippen LogP contribution in [0, 0.1) is 0 Å². The third-order valence-electron chi connectivity index (χ3n) is 4.13. The summed E-state index contributed by atoms with van der Waals surface area (Å²) in [5, 5.41) is 4.07. The van der Waals surface area contributed by atoms with Crippen molar-refractivity contribution in [1.29, 1.82) is 0 Å². The van der Waals surface area contributed by atoms with Gasteiger partial charge in [0, 0.05) is 0 Å². The van der Waals surface area contributed by atoms with Gasteiger partial charge in [0.1, 0.15) is 13.2 Å². The highest BCUT2D eigenvalue weighted by Gasteiger charge is 2.06. The third-order valence-corrected chi connectivity index (χ3v) is 4.13. The quantitative estimate of drug-likeness (QED) is 0.342. The molecule has 0 fully saturated rings. The fourth-order valence-corrected chi connectivity index (χ4v) is 2.55. The van der Waals surface area contributed by atoms with Gasteiger partial charge >= 0.3 is 0 Å². The minimum Gasteiger partial charge on any atom is -0.393 e. The maximum Gasteiger partial charge on any atom is 0.142 e. The van der Waals surface area contributed by atoms with Gasteiger partial charge in [-0.1, -0.05) is 75.4 Å². The van der Waals surface area contributed by atoms with Crippen LogP contribution in [0.25, 0.3) is 0 Å². The molecule has 0 aliphatic heterocycles. The van der Waals surface area contributed by atoms with Gasteiger partial charge in [-0.25, -0.2) is 5.90 Å². The summed E-state index contributed by atoms with van der Waals surface area (Å²) in [6, 6.07) is 8.64. The molecule has 1 atom stereocenters. The Kier molecular flexibility index (Phi) is 10.3. The van der Waals surface area contributed by atoms with E-state index in [4.69, 9.17) is 10.7 Å². The first kappa shape index (κ1) is 19.7. The number of oxime groups is 1. The Morgan fingerprint density at radius 2 is 1.78 bits per heavy atom. The lowest BCUT2D eigenvalue weighted by molar-refractivity contribution is 0.0508. The number of hydrogen-bond acceptors (Lipinski definition) is 4. The molecule has 1 aromatic carbocycles. The first-order valence-corrected chi connectivity index (χ1v) is 8.77.